The molecule has 1 saturated heterocycles. The molecule has 96 valence electrons. The maximum Gasteiger partial charge on any atom is 0.135 e. The molecule has 2 fully saturated rings. The molecular weight excluding hydrogens is 226 g/mol. The van der Waals surface area contributed by atoms with E-state index in [0.29, 0.717) is 5.78 Å². The first-order valence-corrected chi connectivity index (χ1v) is 6.66. The number of rotatable bonds is 3. The van der Waals surface area contributed by atoms with Crippen LogP contribution in [0.2, 0.25) is 0 Å². The van der Waals surface area contributed by atoms with Crippen LogP contribution in [-0.4, -0.2) is 30.9 Å². The van der Waals surface area contributed by atoms with Crippen molar-refractivity contribution in [2.45, 2.75) is 31.2 Å². The summed E-state index contributed by atoms with van der Waals surface area (Å²) >= 11 is 0. The lowest BCUT2D eigenvalue weighted by Crippen LogP contribution is -2.41. The molecule has 0 N–H and O–H groups in total. The van der Waals surface area contributed by atoms with E-state index in [0.717, 1.165) is 31.7 Å². The summed E-state index contributed by atoms with van der Waals surface area (Å²) in [7, 11) is 1.69. The smallest absolute Gasteiger partial charge is 0.135 e. The van der Waals surface area contributed by atoms with Crippen molar-refractivity contribution >= 4 is 5.78 Å². The minimum atomic E-state index is 0.215. The van der Waals surface area contributed by atoms with Gasteiger partial charge in [0.25, 0.3) is 0 Å². The van der Waals surface area contributed by atoms with Crippen LogP contribution in [-0.2, 0) is 10.3 Å². The van der Waals surface area contributed by atoms with E-state index in [4.69, 9.17) is 4.74 Å². The second-order valence-electron chi connectivity index (χ2n) is 5.29. The van der Waals surface area contributed by atoms with Gasteiger partial charge in [0.1, 0.15) is 11.5 Å². The number of Topliss-reactive ketones (excluding diaryl/α,β-unsaturated/α-hetero) is 1. The first-order chi connectivity index (χ1) is 8.74. The van der Waals surface area contributed by atoms with Gasteiger partial charge in [-0.1, -0.05) is 12.1 Å². The van der Waals surface area contributed by atoms with Crippen LogP contribution in [0, 0.1) is 0 Å². The van der Waals surface area contributed by atoms with Crippen LogP contribution in [0.4, 0.5) is 0 Å². The third-order valence-electron chi connectivity index (χ3n) is 4.28. The van der Waals surface area contributed by atoms with Gasteiger partial charge in [-0.25, -0.2) is 0 Å². The molecule has 1 aromatic rings. The standard InChI is InChI=1S/C15H19NO2/c1-18-14-4-2-12(3-5-14)15(8-9-15)16-10-6-13(17)7-11-16/h2-5H,6-11H2,1H3. The van der Waals surface area contributed by atoms with Gasteiger partial charge in [0.15, 0.2) is 0 Å². The topological polar surface area (TPSA) is 29.5 Å². The fourth-order valence-corrected chi connectivity index (χ4v) is 2.99. The molecule has 0 bridgehead atoms. The van der Waals surface area contributed by atoms with Crippen LogP contribution < -0.4 is 4.74 Å². The number of likely N-dealkylation sites (tertiary alicyclic amines) is 1. The molecule has 1 saturated carbocycles. The van der Waals surface area contributed by atoms with E-state index >= 15 is 0 Å². The monoisotopic (exact) mass is 245 g/mol. The number of hydrogen-bond donors (Lipinski definition) is 0. The number of ketones is 1. The molecule has 0 unspecified atom stereocenters. The van der Waals surface area contributed by atoms with Gasteiger partial charge in [-0.3, -0.25) is 9.69 Å². The molecular formula is C15H19NO2. The lowest BCUT2D eigenvalue weighted by molar-refractivity contribution is -0.122. The van der Waals surface area contributed by atoms with Crippen LogP contribution in [0.1, 0.15) is 31.2 Å². The van der Waals surface area contributed by atoms with Gasteiger partial charge < -0.3 is 4.74 Å². The minimum Gasteiger partial charge on any atom is -0.497 e. The summed E-state index contributed by atoms with van der Waals surface area (Å²) in [5, 5.41) is 0. The van der Waals surface area contributed by atoms with Crippen LogP contribution in [0.15, 0.2) is 24.3 Å². The van der Waals surface area contributed by atoms with E-state index < -0.39 is 0 Å². The summed E-state index contributed by atoms with van der Waals surface area (Å²) < 4.78 is 5.20. The molecule has 3 rings (SSSR count). The lowest BCUT2D eigenvalue weighted by atomic mass is 9.99. The Balaban J connectivity index is 1.79. The van der Waals surface area contributed by atoms with E-state index in [2.05, 4.69) is 17.0 Å². The van der Waals surface area contributed by atoms with Crippen molar-refractivity contribution < 1.29 is 9.53 Å². The van der Waals surface area contributed by atoms with Gasteiger partial charge in [0, 0.05) is 31.5 Å². The van der Waals surface area contributed by atoms with Gasteiger partial charge in [0.05, 0.1) is 7.11 Å². The number of nitrogens with zero attached hydrogens (tertiary/aromatic N) is 1. The lowest BCUT2D eigenvalue weighted by Gasteiger charge is -2.34. The predicted molar refractivity (Wildman–Crippen MR) is 69.7 cm³/mol. The van der Waals surface area contributed by atoms with Gasteiger partial charge in [0.2, 0.25) is 0 Å². The number of carbonyl (C=O) groups is 1. The Morgan fingerprint density at radius 2 is 1.72 bits per heavy atom. The second kappa shape index (κ2) is 4.39. The maximum absolute atomic E-state index is 11.3. The Hall–Kier alpha value is -1.35. The highest BCUT2D eigenvalue weighted by atomic mass is 16.5. The Labute approximate surface area is 108 Å². The molecule has 1 aliphatic carbocycles. The molecule has 0 radical (unpaired) electrons. The number of piperidine rings is 1. The Morgan fingerprint density at radius 3 is 2.22 bits per heavy atom. The fraction of sp³-hybridized carbons (Fsp3) is 0.533. The van der Waals surface area contributed by atoms with Gasteiger partial charge in [-0.15, -0.1) is 0 Å². The van der Waals surface area contributed by atoms with Crippen molar-refractivity contribution in [1.29, 1.82) is 0 Å². The van der Waals surface area contributed by atoms with Crippen molar-refractivity contribution in [1.82, 2.24) is 4.90 Å². The number of hydrogen-bond acceptors (Lipinski definition) is 3. The molecule has 1 aliphatic heterocycles. The van der Waals surface area contributed by atoms with Gasteiger partial charge in [-0.05, 0) is 30.5 Å². The van der Waals surface area contributed by atoms with Crippen molar-refractivity contribution in [2.75, 3.05) is 20.2 Å². The highest BCUT2D eigenvalue weighted by Gasteiger charge is 2.49. The quantitative estimate of drug-likeness (QED) is 0.818. The number of benzene rings is 1. The van der Waals surface area contributed by atoms with E-state index in [-0.39, 0.29) is 5.54 Å². The zero-order valence-corrected chi connectivity index (χ0v) is 10.8. The summed E-state index contributed by atoms with van der Waals surface area (Å²) in [5.41, 5.74) is 1.59. The second-order valence-corrected chi connectivity index (χ2v) is 5.29. The van der Waals surface area contributed by atoms with Crippen LogP contribution >= 0.6 is 0 Å². The van der Waals surface area contributed by atoms with E-state index in [9.17, 15) is 4.79 Å². The fourth-order valence-electron chi connectivity index (χ4n) is 2.99. The molecule has 1 heterocycles. The molecule has 0 aromatic heterocycles. The van der Waals surface area contributed by atoms with Crippen LogP contribution in [0.5, 0.6) is 5.75 Å². The molecule has 1 aromatic carbocycles. The number of carbonyl (C=O) groups excluding carboxylic acids is 1. The zero-order chi connectivity index (χ0) is 12.6. The molecule has 0 spiro atoms. The third kappa shape index (κ3) is 1.93. The third-order valence-corrected chi connectivity index (χ3v) is 4.28. The van der Waals surface area contributed by atoms with E-state index in [1.165, 1.54) is 18.4 Å². The van der Waals surface area contributed by atoms with Gasteiger partial charge >= 0.3 is 0 Å². The van der Waals surface area contributed by atoms with Crippen molar-refractivity contribution in [2.24, 2.45) is 0 Å². The van der Waals surface area contributed by atoms with Crippen molar-refractivity contribution in [3.05, 3.63) is 29.8 Å². The van der Waals surface area contributed by atoms with Gasteiger partial charge in [-0.2, -0.15) is 0 Å². The summed E-state index contributed by atoms with van der Waals surface area (Å²) in [4.78, 5) is 13.8. The Bertz CT molecular complexity index is 438. The molecule has 3 nitrogen and oxygen atoms in total. The molecule has 18 heavy (non-hydrogen) atoms. The zero-order valence-electron chi connectivity index (χ0n) is 10.8. The SMILES string of the molecule is COc1ccc(C2(N3CCC(=O)CC3)CC2)cc1. The highest BCUT2D eigenvalue weighted by molar-refractivity contribution is 5.79. The number of methoxy groups -OCH3 is 1. The van der Waals surface area contributed by atoms with Crippen molar-refractivity contribution in [3.63, 3.8) is 0 Å². The highest BCUT2D eigenvalue weighted by Crippen LogP contribution is 2.51. The van der Waals surface area contributed by atoms with E-state index in [1.807, 2.05) is 12.1 Å². The summed E-state index contributed by atoms with van der Waals surface area (Å²) in [6, 6.07) is 8.40. The maximum atomic E-state index is 11.3. The normalized spacial score (nSPS) is 22.8. The summed E-state index contributed by atoms with van der Waals surface area (Å²) in [6.07, 6.45) is 3.87. The average Bonchev–Trinajstić information content (AvgIpc) is 3.21. The largest absolute Gasteiger partial charge is 0.497 e. The molecule has 2 aliphatic rings. The average molecular weight is 245 g/mol. The van der Waals surface area contributed by atoms with Crippen LogP contribution in [0.25, 0.3) is 0 Å². The summed E-state index contributed by atoms with van der Waals surface area (Å²) in [5.74, 6) is 1.32. The molecule has 3 heteroatoms. The van der Waals surface area contributed by atoms with Crippen LogP contribution in [0.3, 0.4) is 0 Å². The Kier molecular flexibility index (Phi) is 2.86. The minimum absolute atomic E-state index is 0.215. The molecule has 0 amide bonds. The first-order valence-electron chi connectivity index (χ1n) is 6.66. The van der Waals surface area contributed by atoms with E-state index in [1.54, 1.807) is 7.11 Å². The number of ether oxygens (including phenoxy) is 1. The predicted octanol–water partition coefficient (Wildman–Crippen LogP) is 2.35. The molecule has 0 atom stereocenters. The first kappa shape index (κ1) is 11.7. The summed E-state index contributed by atoms with van der Waals surface area (Å²) in [6.45, 7) is 1.84. The van der Waals surface area contributed by atoms with Crippen molar-refractivity contribution in [3.8, 4) is 5.75 Å². The Morgan fingerprint density at radius 1 is 1.11 bits per heavy atom.